The molecule has 1 aromatic carbocycles. The molecule has 1 saturated heterocycles. The van der Waals surface area contributed by atoms with E-state index in [0.717, 1.165) is 6.07 Å². The molecule has 0 aromatic heterocycles. The summed E-state index contributed by atoms with van der Waals surface area (Å²) < 4.78 is 28.4. The van der Waals surface area contributed by atoms with Crippen LogP contribution in [-0.2, 0) is 0 Å². The highest BCUT2D eigenvalue weighted by molar-refractivity contribution is 6.32. The molecule has 0 radical (unpaired) electrons. The van der Waals surface area contributed by atoms with Crippen molar-refractivity contribution in [2.45, 2.75) is 12.0 Å². The number of nitro benzene ring substituents is 1. The fraction of sp³-hybridized carbons (Fsp3) is 0.538. The average Bonchev–Trinajstić information content (AvgIpc) is 2.50. The first-order valence-electron chi connectivity index (χ1n) is 6.74. The van der Waals surface area contributed by atoms with E-state index in [-0.39, 0.29) is 10.6 Å². The summed E-state index contributed by atoms with van der Waals surface area (Å²) >= 11 is 5.73. The Morgan fingerprint density at radius 2 is 2.09 bits per heavy atom. The van der Waals surface area contributed by atoms with Gasteiger partial charge in [0, 0.05) is 32.2 Å². The summed E-state index contributed by atoms with van der Waals surface area (Å²) in [5.41, 5.74) is -0.356. The molecular formula is C13H16ClF2N3O3. The van der Waals surface area contributed by atoms with Gasteiger partial charge >= 0.3 is 0 Å². The summed E-state index contributed by atoms with van der Waals surface area (Å²) in [5.74, 6) is -3.42. The zero-order valence-electron chi connectivity index (χ0n) is 11.6. The lowest BCUT2D eigenvalue weighted by Gasteiger charge is -2.38. The van der Waals surface area contributed by atoms with Gasteiger partial charge in [-0.05, 0) is 11.6 Å². The summed E-state index contributed by atoms with van der Waals surface area (Å²) in [6.07, 6.45) is 0. The lowest BCUT2D eigenvalue weighted by atomic mass is 9.97. The van der Waals surface area contributed by atoms with Crippen LogP contribution >= 0.6 is 11.6 Å². The number of hydrogen-bond donors (Lipinski definition) is 2. The van der Waals surface area contributed by atoms with Crippen LogP contribution in [0.2, 0.25) is 5.02 Å². The van der Waals surface area contributed by atoms with Gasteiger partial charge in [0.2, 0.25) is 0 Å². The Morgan fingerprint density at radius 1 is 1.45 bits per heavy atom. The second-order valence-electron chi connectivity index (χ2n) is 5.08. The molecular weight excluding hydrogens is 320 g/mol. The molecule has 0 unspecified atom stereocenters. The zero-order valence-corrected chi connectivity index (χ0v) is 12.4. The van der Waals surface area contributed by atoms with E-state index < -0.39 is 29.2 Å². The minimum absolute atomic E-state index is 0.0667. The van der Waals surface area contributed by atoms with E-state index in [1.807, 2.05) is 0 Å². The molecule has 1 aliphatic heterocycles. The van der Waals surface area contributed by atoms with E-state index in [4.69, 9.17) is 16.7 Å². The maximum Gasteiger partial charge on any atom is 0.289 e. The van der Waals surface area contributed by atoms with Crippen LogP contribution in [0.1, 0.15) is 11.6 Å². The Bertz CT molecular complexity index is 553. The van der Waals surface area contributed by atoms with Crippen LogP contribution in [-0.4, -0.2) is 53.6 Å². The van der Waals surface area contributed by atoms with E-state index in [2.05, 4.69) is 5.32 Å². The highest BCUT2D eigenvalue weighted by atomic mass is 35.5. The van der Waals surface area contributed by atoms with Gasteiger partial charge in [-0.3, -0.25) is 15.0 Å². The van der Waals surface area contributed by atoms with Crippen molar-refractivity contribution in [2.24, 2.45) is 0 Å². The molecule has 1 atom stereocenters. The van der Waals surface area contributed by atoms with E-state index >= 15 is 0 Å². The number of rotatable bonds is 5. The molecule has 22 heavy (non-hydrogen) atoms. The van der Waals surface area contributed by atoms with Crippen LogP contribution in [0.25, 0.3) is 0 Å². The fourth-order valence-electron chi connectivity index (χ4n) is 2.59. The van der Waals surface area contributed by atoms with Crippen LogP contribution in [0.5, 0.6) is 0 Å². The van der Waals surface area contributed by atoms with Gasteiger partial charge in [0.15, 0.2) is 0 Å². The molecule has 1 fully saturated rings. The third-order valence-electron chi connectivity index (χ3n) is 3.61. The highest BCUT2D eigenvalue weighted by Crippen LogP contribution is 2.39. The molecule has 1 aliphatic rings. The molecule has 0 saturated carbocycles. The maximum absolute atomic E-state index is 14.2. The van der Waals surface area contributed by atoms with Crippen LogP contribution < -0.4 is 5.32 Å². The number of hydrogen-bond acceptors (Lipinski definition) is 5. The molecule has 9 heteroatoms. The highest BCUT2D eigenvalue weighted by Gasteiger charge is 2.44. The van der Waals surface area contributed by atoms with Gasteiger partial charge in [0.05, 0.1) is 4.92 Å². The normalized spacial score (nSPS) is 18.2. The zero-order chi connectivity index (χ0) is 16.3. The smallest absolute Gasteiger partial charge is 0.289 e. The third kappa shape index (κ3) is 3.52. The number of nitro groups is 1. The Balaban J connectivity index is 2.44. The second kappa shape index (κ2) is 6.82. The van der Waals surface area contributed by atoms with Gasteiger partial charge in [-0.15, -0.1) is 0 Å². The van der Waals surface area contributed by atoms with Crippen molar-refractivity contribution >= 4 is 17.3 Å². The van der Waals surface area contributed by atoms with Crippen molar-refractivity contribution < 1.29 is 18.8 Å². The molecule has 122 valence electrons. The van der Waals surface area contributed by atoms with E-state index in [0.29, 0.717) is 26.2 Å². The lowest BCUT2D eigenvalue weighted by molar-refractivity contribution is -0.384. The predicted molar refractivity (Wildman–Crippen MR) is 77.3 cm³/mol. The monoisotopic (exact) mass is 335 g/mol. The van der Waals surface area contributed by atoms with Crippen molar-refractivity contribution in [1.82, 2.24) is 10.2 Å². The van der Waals surface area contributed by atoms with E-state index in [1.54, 1.807) is 0 Å². The minimum atomic E-state index is -3.42. The minimum Gasteiger partial charge on any atom is -0.390 e. The Labute approximate surface area is 130 Å². The number of halogens is 3. The average molecular weight is 336 g/mol. The van der Waals surface area contributed by atoms with Crippen LogP contribution in [0.15, 0.2) is 18.2 Å². The van der Waals surface area contributed by atoms with Crippen molar-refractivity contribution in [2.75, 3.05) is 32.8 Å². The van der Waals surface area contributed by atoms with Crippen LogP contribution in [0.4, 0.5) is 14.5 Å². The van der Waals surface area contributed by atoms with Crippen molar-refractivity contribution in [3.8, 4) is 0 Å². The standard InChI is InChI=1S/C13H16ClF2N3O3/c14-10-2-1-9(7-11(10)19(21)22)12(13(15,16)8-20)18-5-3-17-4-6-18/h1-2,7,12,17,20H,3-6,8H2/t12-/m0/s1. The Morgan fingerprint density at radius 3 is 2.64 bits per heavy atom. The quantitative estimate of drug-likeness (QED) is 0.634. The number of aliphatic hydroxyl groups is 1. The molecule has 1 heterocycles. The number of benzene rings is 1. The SMILES string of the molecule is O=[N+]([O-])c1cc([C@H](N2CCNCC2)C(F)(F)CO)ccc1Cl. The summed E-state index contributed by atoms with van der Waals surface area (Å²) in [6.45, 7) is 0.451. The fourth-order valence-corrected chi connectivity index (χ4v) is 2.77. The van der Waals surface area contributed by atoms with Gasteiger partial charge in [0.1, 0.15) is 17.7 Å². The molecule has 1 aromatic rings. The summed E-state index contributed by atoms with van der Waals surface area (Å²) in [5, 5.41) is 22.9. The van der Waals surface area contributed by atoms with Crippen LogP contribution in [0.3, 0.4) is 0 Å². The van der Waals surface area contributed by atoms with Crippen molar-refractivity contribution in [3.63, 3.8) is 0 Å². The van der Waals surface area contributed by atoms with Gasteiger partial charge in [-0.1, -0.05) is 17.7 Å². The third-order valence-corrected chi connectivity index (χ3v) is 3.93. The number of piperazine rings is 1. The van der Waals surface area contributed by atoms with E-state index in [9.17, 15) is 18.9 Å². The molecule has 2 N–H and O–H groups in total. The number of nitrogens with one attached hydrogen (secondary N) is 1. The summed E-state index contributed by atoms with van der Waals surface area (Å²) in [4.78, 5) is 11.8. The molecule has 0 aliphatic carbocycles. The number of alkyl halides is 2. The number of nitrogens with zero attached hydrogens (tertiary/aromatic N) is 2. The summed E-state index contributed by atoms with van der Waals surface area (Å²) in [7, 11) is 0. The first kappa shape index (κ1) is 17.0. The first-order valence-corrected chi connectivity index (χ1v) is 7.12. The van der Waals surface area contributed by atoms with Crippen molar-refractivity contribution in [3.05, 3.63) is 38.9 Å². The van der Waals surface area contributed by atoms with Gasteiger partial charge in [0.25, 0.3) is 11.6 Å². The van der Waals surface area contributed by atoms with Gasteiger partial charge < -0.3 is 10.4 Å². The van der Waals surface area contributed by atoms with Crippen molar-refractivity contribution in [1.29, 1.82) is 0 Å². The molecule has 6 nitrogen and oxygen atoms in total. The topological polar surface area (TPSA) is 78.6 Å². The Kier molecular flexibility index (Phi) is 5.28. The maximum atomic E-state index is 14.2. The van der Waals surface area contributed by atoms with Crippen LogP contribution in [0, 0.1) is 10.1 Å². The second-order valence-corrected chi connectivity index (χ2v) is 5.48. The van der Waals surface area contributed by atoms with Gasteiger partial charge in [-0.2, -0.15) is 0 Å². The molecule has 0 bridgehead atoms. The largest absolute Gasteiger partial charge is 0.390 e. The van der Waals surface area contributed by atoms with Gasteiger partial charge in [-0.25, -0.2) is 8.78 Å². The van der Waals surface area contributed by atoms with E-state index in [1.165, 1.54) is 17.0 Å². The predicted octanol–water partition coefficient (Wildman–Crippen LogP) is 1.82. The molecule has 2 rings (SSSR count). The summed E-state index contributed by atoms with van der Waals surface area (Å²) in [6, 6.07) is 2.19. The number of aliphatic hydroxyl groups excluding tert-OH is 1. The Hall–Kier alpha value is -1.35. The first-order chi connectivity index (χ1) is 10.4. The molecule has 0 amide bonds. The molecule has 0 spiro atoms. The lowest BCUT2D eigenvalue weighted by Crippen LogP contribution is -2.51.